The van der Waals surface area contributed by atoms with Gasteiger partial charge in [0, 0.05) is 0 Å². The van der Waals surface area contributed by atoms with Crippen LogP contribution in [-0.4, -0.2) is 20.8 Å². The van der Waals surface area contributed by atoms with Crippen LogP contribution in [0.5, 0.6) is 0 Å². The molecule has 0 radical (unpaired) electrons. The van der Waals surface area contributed by atoms with Gasteiger partial charge in [-0.05, 0) is 30.5 Å². The number of nitrogens with zero attached hydrogens (tertiary/aromatic N) is 2. The van der Waals surface area contributed by atoms with E-state index >= 15 is 0 Å². The first-order valence-electron chi connectivity index (χ1n) is 5.93. The molecule has 92 valence electrons. The minimum absolute atomic E-state index is 0.388. The molecule has 0 bridgehead atoms. The highest BCUT2D eigenvalue weighted by Crippen LogP contribution is 2.28. The summed E-state index contributed by atoms with van der Waals surface area (Å²) in [7, 11) is 0. The number of para-hydroxylation sites is 2. The van der Waals surface area contributed by atoms with Crippen molar-refractivity contribution in [3.8, 4) is 10.7 Å². The third kappa shape index (κ3) is 1.94. The van der Waals surface area contributed by atoms with Crippen LogP contribution in [0.1, 0.15) is 6.92 Å². The molecule has 1 aromatic carbocycles. The van der Waals surface area contributed by atoms with Gasteiger partial charge in [-0.25, -0.2) is 4.98 Å². The maximum Gasteiger partial charge on any atom is 0.151 e. The van der Waals surface area contributed by atoms with Crippen molar-refractivity contribution in [2.45, 2.75) is 19.6 Å². The van der Waals surface area contributed by atoms with E-state index in [1.54, 1.807) is 18.3 Å². The second-order valence-electron chi connectivity index (χ2n) is 4.36. The molecule has 0 aliphatic rings. The van der Waals surface area contributed by atoms with Gasteiger partial charge >= 0.3 is 0 Å². The molecule has 0 spiro atoms. The normalized spacial score (nSPS) is 13.0. The average Bonchev–Trinajstić information content (AvgIpc) is 2.96. The Kier molecular flexibility index (Phi) is 2.89. The van der Waals surface area contributed by atoms with Gasteiger partial charge in [-0.3, -0.25) is 0 Å². The van der Waals surface area contributed by atoms with Crippen molar-refractivity contribution in [2.24, 2.45) is 0 Å². The van der Waals surface area contributed by atoms with Gasteiger partial charge in [0.25, 0.3) is 0 Å². The van der Waals surface area contributed by atoms with Crippen LogP contribution in [0.25, 0.3) is 21.7 Å². The number of rotatable bonds is 3. The van der Waals surface area contributed by atoms with Crippen molar-refractivity contribution in [3.63, 3.8) is 0 Å². The molecule has 0 fully saturated rings. The largest absolute Gasteiger partial charge is 0.392 e. The fourth-order valence-corrected chi connectivity index (χ4v) is 2.84. The second kappa shape index (κ2) is 4.55. The molecule has 1 atom stereocenters. The Bertz CT molecular complexity index is 656. The zero-order chi connectivity index (χ0) is 12.5. The molecule has 3 nitrogen and oxygen atoms in total. The van der Waals surface area contributed by atoms with Crippen LogP contribution in [0.15, 0.2) is 41.8 Å². The highest BCUT2D eigenvalue weighted by Gasteiger charge is 2.14. The molecule has 0 amide bonds. The molecule has 0 unspecified atom stereocenters. The van der Waals surface area contributed by atoms with Gasteiger partial charge in [0.15, 0.2) is 5.82 Å². The third-order valence-electron chi connectivity index (χ3n) is 2.84. The van der Waals surface area contributed by atoms with Crippen molar-refractivity contribution in [1.29, 1.82) is 0 Å². The average molecular weight is 258 g/mol. The fourth-order valence-electron chi connectivity index (χ4n) is 2.12. The lowest BCUT2D eigenvalue weighted by Gasteiger charge is -2.10. The zero-order valence-corrected chi connectivity index (χ0v) is 10.9. The zero-order valence-electron chi connectivity index (χ0n) is 10.1. The molecule has 2 aromatic heterocycles. The van der Waals surface area contributed by atoms with E-state index < -0.39 is 0 Å². The highest BCUT2D eigenvalue weighted by atomic mass is 32.1. The summed E-state index contributed by atoms with van der Waals surface area (Å²) in [4.78, 5) is 5.80. The molecule has 2 heterocycles. The van der Waals surface area contributed by atoms with E-state index in [4.69, 9.17) is 0 Å². The Morgan fingerprint density at radius 1 is 1.28 bits per heavy atom. The summed E-state index contributed by atoms with van der Waals surface area (Å²) in [6.45, 7) is 2.36. The smallest absolute Gasteiger partial charge is 0.151 e. The minimum atomic E-state index is -0.388. The van der Waals surface area contributed by atoms with Crippen LogP contribution in [0.2, 0.25) is 0 Å². The van der Waals surface area contributed by atoms with Gasteiger partial charge in [0.1, 0.15) is 0 Å². The van der Waals surface area contributed by atoms with Crippen LogP contribution < -0.4 is 0 Å². The summed E-state index contributed by atoms with van der Waals surface area (Å²) < 4.78 is 2.09. The van der Waals surface area contributed by atoms with Gasteiger partial charge in [0.2, 0.25) is 0 Å². The van der Waals surface area contributed by atoms with Crippen molar-refractivity contribution >= 4 is 22.4 Å². The van der Waals surface area contributed by atoms with E-state index in [0.717, 1.165) is 21.7 Å². The van der Waals surface area contributed by atoms with E-state index in [-0.39, 0.29) is 6.10 Å². The van der Waals surface area contributed by atoms with Crippen LogP contribution in [-0.2, 0) is 6.54 Å². The molecular weight excluding hydrogens is 244 g/mol. The van der Waals surface area contributed by atoms with Gasteiger partial charge in [0.05, 0.1) is 28.6 Å². The number of aromatic nitrogens is 2. The van der Waals surface area contributed by atoms with E-state index in [2.05, 4.69) is 15.6 Å². The standard InChI is InChI=1S/C14H14N2OS/c1-10(17)9-16-12-6-3-2-5-11(12)15-14(16)13-7-4-8-18-13/h2-8,10,17H,9H2,1H3/t10-/m0/s1. The number of aliphatic hydroxyl groups is 1. The Hall–Kier alpha value is -1.65. The fraction of sp³-hybridized carbons (Fsp3) is 0.214. The van der Waals surface area contributed by atoms with Gasteiger partial charge in [-0.1, -0.05) is 18.2 Å². The third-order valence-corrected chi connectivity index (χ3v) is 3.71. The number of hydrogen-bond acceptors (Lipinski definition) is 3. The summed E-state index contributed by atoms with van der Waals surface area (Å²) in [6, 6.07) is 12.1. The summed E-state index contributed by atoms with van der Waals surface area (Å²) >= 11 is 1.67. The summed E-state index contributed by atoms with van der Waals surface area (Å²) in [5, 5.41) is 11.7. The molecule has 4 heteroatoms. The quantitative estimate of drug-likeness (QED) is 0.783. The molecule has 0 saturated heterocycles. The lowest BCUT2D eigenvalue weighted by molar-refractivity contribution is 0.175. The van der Waals surface area contributed by atoms with Gasteiger partial charge in [-0.15, -0.1) is 11.3 Å². The lowest BCUT2D eigenvalue weighted by atomic mass is 10.3. The van der Waals surface area contributed by atoms with Crippen molar-refractivity contribution in [1.82, 2.24) is 9.55 Å². The molecule has 18 heavy (non-hydrogen) atoms. The van der Waals surface area contributed by atoms with Crippen LogP contribution in [0.3, 0.4) is 0 Å². The number of aliphatic hydroxyl groups excluding tert-OH is 1. The first kappa shape index (κ1) is 11.4. The maximum atomic E-state index is 9.66. The predicted octanol–water partition coefficient (Wildman–Crippen LogP) is 3.15. The maximum absolute atomic E-state index is 9.66. The number of thiophene rings is 1. The summed E-state index contributed by atoms with van der Waals surface area (Å²) in [5.74, 6) is 0.937. The van der Waals surface area contributed by atoms with Crippen molar-refractivity contribution < 1.29 is 5.11 Å². The summed E-state index contributed by atoms with van der Waals surface area (Å²) in [5.41, 5.74) is 2.04. The Morgan fingerprint density at radius 3 is 2.83 bits per heavy atom. The molecule has 3 aromatic rings. The molecular formula is C14H14N2OS. The first-order chi connectivity index (χ1) is 8.75. The first-order valence-corrected chi connectivity index (χ1v) is 6.81. The van der Waals surface area contributed by atoms with Crippen molar-refractivity contribution in [3.05, 3.63) is 41.8 Å². The van der Waals surface area contributed by atoms with E-state index in [1.807, 2.05) is 35.7 Å². The molecule has 1 N–H and O–H groups in total. The Morgan fingerprint density at radius 2 is 2.11 bits per heavy atom. The van der Waals surface area contributed by atoms with Crippen molar-refractivity contribution in [2.75, 3.05) is 0 Å². The SMILES string of the molecule is C[C@H](O)Cn1c(-c2cccs2)nc2ccccc21. The topological polar surface area (TPSA) is 38.0 Å². The van der Waals surface area contributed by atoms with Gasteiger partial charge < -0.3 is 9.67 Å². The second-order valence-corrected chi connectivity index (χ2v) is 5.31. The van der Waals surface area contributed by atoms with Crippen LogP contribution in [0.4, 0.5) is 0 Å². The molecule has 0 saturated carbocycles. The minimum Gasteiger partial charge on any atom is -0.392 e. The van der Waals surface area contributed by atoms with Crippen LogP contribution >= 0.6 is 11.3 Å². The van der Waals surface area contributed by atoms with E-state index in [9.17, 15) is 5.11 Å². The predicted molar refractivity (Wildman–Crippen MR) is 74.7 cm³/mol. The highest BCUT2D eigenvalue weighted by molar-refractivity contribution is 7.13. The number of hydrogen-bond donors (Lipinski definition) is 1. The van der Waals surface area contributed by atoms with E-state index in [0.29, 0.717) is 6.54 Å². The number of fused-ring (bicyclic) bond motifs is 1. The molecule has 0 aliphatic heterocycles. The Balaban J connectivity index is 2.23. The van der Waals surface area contributed by atoms with E-state index in [1.165, 1.54) is 0 Å². The lowest BCUT2D eigenvalue weighted by Crippen LogP contribution is -2.12. The monoisotopic (exact) mass is 258 g/mol. The number of benzene rings is 1. The van der Waals surface area contributed by atoms with Crippen LogP contribution in [0, 0.1) is 0 Å². The molecule has 3 rings (SSSR count). The summed E-state index contributed by atoms with van der Waals surface area (Å²) in [6.07, 6.45) is -0.388. The molecule has 0 aliphatic carbocycles. The van der Waals surface area contributed by atoms with Gasteiger partial charge in [-0.2, -0.15) is 0 Å². The Labute approximate surface area is 109 Å². The number of imidazole rings is 1.